The number of fused-ring (bicyclic) bond motifs is 3. The Hall–Kier alpha value is -1.09. The Morgan fingerprint density at radius 3 is 2.81 bits per heavy atom. The number of hydrogen-bond donors (Lipinski definition) is 3. The van der Waals surface area contributed by atoms with E-state index in [2.05, 4.69) is 61.2 Å². The van der Waals surface area contributed by atoms with Gasteiger partial charge in [0.15, 0.2) is 0 Å². The Morgan fingerprint density at radius 1 is 1.31 bits per heavy atom. The molecule has 1 aromatic heterocycles. The molecular weight excluding hydrogens is 482 g/mol. The lowest BCUT2D eigenvalue weighted by atomic mass is 9.99. The molecule has 138 valence electrons. The van der Waals surface area contributed by atoms with E-state index in [1.165, 1.54) is 10.4 Å². The average Bonchev–Trinajstić information content (AvgIpc) is 2.95. The first-order chi connectivity index (χ1) is 12.3. The van der Waals surface area contributed by atoms with E-state index < -0.39 is 6.17 Å². The van der Waals surface area contributed by atoms with Crippen molar-refractivity contribution < 1.29 is 9.90 Å². The molecule has 0 radical (unpaired) electrons. The number of nitrogens with one attached hydrogen (secondary N) is 2. The zero-order valence-corrected chi connectivity index (χ0v) is 18.4. The van der Waals surface area contributed by atoms with Crippen molar-refractivity contribution in [2.24, 2.45) is 0 Å². The molecule has 2 aliphatic heterocycles. The lowest BCUT2D eigenvalue weighted by molar-refractivity contribution is 0.0934. The third kappa shape index (κ3) is 3.06. The van der Waals surface area contributed by atoms with E-state index in [9.17, 15) is 9.90 Å². The predicted octanol–water partition coefficient (Wildman–Crippen LogP) is 4.60. The first-order valence-electron chi connectivity index (χ1n) is 8.49. The van der Waals surface area contributed by atoms with Gasteiger partial charge >= 0.3 is 0 Å². The Kier molecular flexibility index (Phi) is 4.79. The topological polar surface area (TPSA) is 64.6 Å². The summed E-state index contributed by atoms with van der Waals surface area (Å²) in [6.07, 6.45) is 0.428. The molecule has 1 aromatic carbocycles. The van der Waals surface area contributed by atoms with Crippen molar-refractivity contribution in [2.75, 3.05) is 11.9 Å². The minimum absolute atomic E-state index is 0.0743. The summed E-state index contributed by atoms with van der Waals surface area (Å²) in [4.78, 5) is 16.5. The van der Waals surface area contributed by atoms with Crippen LogP contribution in [0.3, 0.4) is 0 Å². The Bertz CT molecular complexity index is 897. The third-order valence-corrected chi connectivity index (χ3v) is 7.17. The summed E-state index contributed by atoms with van der Waals surface area (Å²) < 4.78 is 1.42. The van der Waals surface area contributed by atoms with Crippen molar-refractivity contribution in [3.63, 3.8) is 0 Å². The number of carbonyl (C=O) groups is 1. The fourth-order valence-electron chi connectivity index (χ4n) is 3.54. The highest BCUT2D eigenvalue weighted by Crippen LogP contribution is 2.43. The molecule has 0 saturated carbocycles. The van der Waals surface area contributed by atoms with Crippen LogP contribution in [0.4, 0.5) is 5.00 Å². The number of rotatable bonds is 2. The van der Waals surface area contributed by atoms with E-state index in [0.717, 1.165) is 34.5 Å². The second-order valence-corrected chi connectivity index (χ2v) is 9.77. The Balaban J connectivity index is 1.69. The molecule has 0 saturated heterocycles. The van der Waals surface area contributed by atoms with E-state index in [1.54, 1.807) is 17.4 Å². The van der Waals surface area contributed by atoms with Crippen molar-refractivity contribution in [3.8, 4) is 5.75 Å². The molecule has 0 spiro atoms. The number of halogens is 2. The van der Waals surface area contributed by atoms with Gasteiger partial charge in [-0.15, -0.1) is 11.3 Å². The molecule has 4 rings (SSSR count). The van der Waals surface area contributed by atoms with Gasteiger partial charge in [-0.25, -0.2) is 0 Å². The number of anilines is 1. The van der Waals surface area contributed by atoms with Gasteiger partial charge in [0.2, 0.25) is 0 Å². The lowest BCUT2D eigenvalue weighted by Crippen LogP contribution is -2.39. The van der Waals surface area contributed by atoms with Crippen LogP contribution in [0.5, 0.6) is 5.75 Å². The number of carbonyl (C=O) groups excluding carboxylic acids is 1. The molecule has 2 aromatic rings. The van der Waals surface area contributed by atoms with Crippen LogP contribution in [0.15, 0.2) is 21.1 Å². The van der Waals surface area contributed by atoms with Crippen LogP contribution in [-0.2, 0) is 13.0 Å². The zero-order chi connectivity index (χ0) is 18.6. The summed E-state index contributed by atoms with van der Waals surface area (Å²) in [5.41, 5.74) is 2.57. The largest absolute Gasteiger partial charge is 0.506 e. The SMILES string of the molecule is CC(C)N1CCc2c(sc3c2C(=O)N[C@@H](c2cc(Br)cc(Br)c2O)N3)C1. The Morgan fingerprint density at radius 2 is 2.08 bits per heavy atom. The number of thiophene rings is 1. The number of hydrogen-bond acceptors (Lipinski definition) is 5. The van der Waals surface area contributed by atoms with Gasteiger partial charge in [-0.3, -0.25) is 9.69 Å². The van der Waals surface area contributed by atoms with Gasteiger partial charge < -0.3 is 15.7 Å². The Labute approximate surface area is 173 Å². The average molecular weight is 501 g/mol. The summed E-state index contributed by atoms with van der Waals surface area (Å²) in [7, 11) is 0. The lowest BCUT2D eigenvalue weighted by Gasteiger charge is -2.31. The molecule has 26 heavy (non-hydrogen) atoms. The first-order valence-corrected chi connectivity index (χ1v) is 10.9. The van der Waals surface area contributed by atoms with E-state index in [4.69, 9.17) is 0 Å². The zero-order valence-electron chi connectivity index (χ0n) is 14.4. The third-order valence-electron chi connectivity index (χ3n) is 4.96. The highest BCUT2D eigenvalue weighted by molar-refractivity contribution is 9.11. The van der Waals surface area contributed by atoms with Crippen molar-refractivity contribution in [1.82, 2.24) is 10.2 Å². The normalized spacial score (nSPS) is 19.7. The summed E-state index contributed by atoms with van der Waals surface area (Å²) in [5.74, 6) is 0.0523. The van der Waals surface area contributed by atoms with Gasteiger partial charge in [0.25, 0.3) is 5.91 Å². The molecule has 0 aliphatic carbocycles. The second-order valence-electron chi connectivity index (χ2n) is 6.90. The molecular formula is C18H19Br2N3O2S. The molecule has 5 nitrogen and oxygen atoms in total. The molecule has 1 atom stereocenters. The maximum atomic E-state index is 12.8. The van der Waals surface area contributed by atoms with Gasteiger partial charge in [-0.1, -0.05) is 15.9 Å². The smallest absolute Gasteiger partial charge is 0.256 e. The number of benzene rings is 1. The second kappa shape index (κ2) is 6.82. The summed E-state index contributed by atoms with van der Waals surface area (Å²) in [5, 5.41) is 17.7. The maximum absolute atomic E-state index is 12.8. The van der Waals surface area contributed by atoms with Gasteiger partial charge in [0, 0.05) is 34.0 Å². The number of amides is 1. The number of phenols is 1. The minimum atomic E-state index is -0.467. The van der Waals surface area contributed by atoms with E-state index >= 15 is 0 Å². The molecule has 0 bridgehead atoms. The van der Waals surface area contributed by atoms with Crippen LogP contribution in [0.1, 0.15) is 46.4 Å². The number of aromatic hydroxyl groups is 1. The molecule has 2 aliphatic rings. The van der Waals surface area contributed by atoms with E-state index in [1.807, 2.05) is 6.07 Å². The summed E-state index contributed by atoms with van der Waals surface area (Å²) in [6.45, 7) is 6.27. The monoisotopic (exact) mass is 499 g/mol. The van der Waals surface area contributed by atoms with Crippen molar-refractivity contribution in [3.05, 3.63) is 42.6 Å². The van der Waals surface area contributed by atoms with Crippen molar-refractivity contribution in [1.29, 1.82) is 0 Å². The summed E-state index contributed by atoms with van der Waals surface area (Å²) in [6, 6.07) is 4.09. The van der Waals surface area contributed by atoms with Gasteiger partial charge in [0.05, 0.1) is 10.0 Å². The number of nitrogens with zero attached hydrogens (tertiary/aromatic N) is 1. The maximum Gasteiger partial charge on any atom is 0.256 e. The van der Waals surface area contributed by atoms with Gasteiger partial charge in [-0.2, -0.15) is 0 Å². The fraction of sp³-hybridized carbons (Fsp3) is 0.389. The fourth-order valence-corrected chi connectivity index (χ4v) is 6.09. The van der Waals surface area contributed by atoms with Crippen LogP contribution in [0.25, 0.3) is 0 Å². The highest BCUT2D eigenvalue weighted by atomic mass is 79.9. The van der Waals surface area contributed by atoms with Crippen LogP contribution in [-0.4, -0.2) is 28.5 Å². The van der Waals surface area contributed by atoms with E-state index in [-0.39, 0.29) is 11.7 Å². The quantitative estimate of drug-likeness (QED) is 0.563. The van der Waals surface area contributed by atoms with Crippen molar-refractivity contribution in [2.45, 2.75) is 39.0 Å². The molecule has 0 unspecified atom stereocenters. The van der Waals surface area contributed by atoms with Crippen molar-refractivity contribution >= 4 is 54.1 Å². The predicted molar refractivity (Wildman–Crippen MR) is 111 cm³/mol. The molecule has 3 heterocycles. The molecule has 0 fully saturated rings. The standard InChI is InChI=1S/C18H19Br2N3O2S/c1-8(2)23-4-3-10-13(7-23)26-18-14(10)17(25)21-16(22-18)11-5-9(19)6-12(20)15(11)24/h5-6,8,16,22,24H,3-4,7H2,1-2H3,(H,21,25)/t16-/m1/s1. The van der Waals surface area contributed by atoms with Gasteiger partial charge in [-0.05, 0) is 53.9 Å². The number of phenolic OH excluding ortho intramolecular Hbond substituents is 1. The first kappa shape index (κ1) is 18.3. The molecule has 8 heteroatoms. The van der Waals surface area contributed by atoms with Crippen LogP contribution in [0, 0.1) is 0 Å². The van der Waals surface area contributed by atoms with E-state index in [0.29, 0.717) is 16.1 Å². The highest BCUT2D eigenvalue weighted by Gasteiger charge is 2.34. The minimum Gasteiger partial charge on any atom is -0.506 e. The van der Waals surface area contributed by atoms with Crippen LogP contribution < -0.4 is 10.6 Å². The van der Waals surface area contributed by atoms with Gasteiger partial charge in [0.1, 0.15) is 16.9 Å². The molecule has 1 amide bonds. The van der Waals surface area contributed by atoms with Crippen LogP contribution >= 0.6 is 43.2 Å². The molecule has 3 N–H and O–H groups in total. The van der Waals surface area contributed by atoms with Crippen LogP contribution in [0.2, 0.25) is 0 Å². The summed E-state index contributed by atoms with van der Waals surface area (Å²) >= 11 is 8.45.